The van der Waals surface area contributed by atoms with E-state index < -0.39 is 0 Å². The van der Waals surface area contributed by atoms with Gasteiger partial charge in [-0.1, -0.05) is 6.07 Å². The minimum atomic E-state index is 0.305. The van der Waals surface area contributed by atoms with E-state index in [0.717, 1.165) is 95.3 Å². The lowest BCUT2D eigenvalue weighted by Crippen LogP contribution is -2.46. The fourth-order valence-corrected chi connectivity index (χ4v) is 4.30. The molecule has 0 saturated carbocycles. The van der Waals surface area contributed by atoms with Crippen LogP contribution in [-0.2, 0) is 11.3 Å². The Morgan fingerprint density at radius 2 is 1.72 bits per heavy atom. The molecule has 1 aromatic heterocycles. The maximum atomic E-state index is 6.01. The molecule has 0 amide bonds. The molecule has 0 bridgehead atoms. The number of rotatable bonds is 7. The summed E-state index contributed by atoms with van der Waals surface area (Å²) in [6.45, 7) is 10.3. The molecule has 1 aromatic carbocycles. The molecular weight excluding hydrogens is 410 g/mol. The van der Waals surface area contributed by atoms with Crippen LogP contribution in [0.5, 0.6) is 11.5 Å². The lowest BCUT2D eigenvalue weighted by Gasteiger charge is -2.35. The fourth-order valence-electron chi connectivity index (χ4n) is 4.30. The number of nitrogens with one attached hydrogen (secondary N) is 1. The highest BCUT2D eigenvalue weighted by Crippen LogP contribution is 2.33. The summed E-state index contributed by atoms with van der Waals surface area (Å²) in [5.41, 5.74) is 7.24. The molecule has 2 fully saturated rings. The van der Waals surface area contributed by atoms with Gasteiger partial charge in [0.2, 0.25) is 12.7 Å². The van der Waals surface area contributed by atoms with E-state index in [1.807, 2.05) is 12.1 Å². The normalized spacial score (nSPS) is 19.3. The van der Waals surface area contributed by atoms with Crippen LogP contribution in [0.1, 0.15) is 5.56 Å². The Bertz CT molecular complexity index is 914. The zero-order valence-electron chi connectivity index (χ0n) is 18.3. The number of fused-ring (bicyclic) bond motifs is 1. The van der Waals surface area contributed by atoms with Crippen LogP contribution in [0.2, 0.25) is 0 Å². The van der Waals surface area contributed by atoms with Gasteiger partial charge in [0, 0.05) is 65.0 Å². The average molecular weight is 442 g/mol. The monoisotopic (exact) mass is 441 g/mol. The largest absolute Gasteiger partial charge is 0.454 e. The number of aromatic nitrogens is 2. The van der Waals surface area contributed by atoms with Crippen molar-refractivity contribution >= 4 is 17.6 Å². The van der Waals surface area contributed by atoms with Crippen molar-refractivity contribution in [1.29, 1.82) is 0 Å². The Kier molecular flexibility index (Phi) is 6.42. The molecule has 172 valence electrons. The van der Waals surface area contributed by atoms with Gasteiger partial charge in [0.1, 0.15) is 11.6 Å². The molecular formula is C22H31N7O3. The predicted molar refractivity (Wildman–Crippen MR) is 122 cm³/mol. The number of nitrogens with two attached hydrogens (primary N) is 1. The van der Waals surface area contributed by atoms with E-state index in [9.17, 15) is 0 Å². The Morgan fingerprint density at radius 1 is 0.906 bits per heavy atom. The van der Waals surface area contributed by atoms with E-state index in [1.54, 1.807) is 0 Å². The number of piperazine rings is 1. The molecule has 5 rings (SSSR count). The van der Waals surface area contributed by atoms with Crippen LogP contribution < -0.4 is 25.4 Å². The molecule has 0 aliphatic carbocycles. The van der Waals surface area contributed by atoms with Crippen molar-refractivity contribution in [2.24, 2.45) is 0 Å². The van der Waals surface area contributed by atoms with Crippen LogP contribution in [0.25, 0.3) is 0 Å². The number of benzene rings is 1. The molecule has 10 heteroatoms. The van der Waals surface area contributed by atoms with Crippen molar-refractivity contribution in [2.45, 2.75) is 6.54 Å². The lowest BCUT2D eigenvalue weighted by molar-refractivity contribution is 0.0398. The van der Waals surface area contributed by atoms with E-state index in [1.165, 1.54) is 5.56 Å². The van der Waals surface area contributed by atoms with Gasteiger partial charge >= 0.3 is 0 Å². The van der Waals surface area contributed by atoms with Crippen LogP contribution in [0.4, 0.5) is 17.6 Å². The molecule has 2 saturated heterocycles. The van der Waals surface area contributed by atoms with Gasteiger partial charge in [-0.3, -0.25) is 9.80 Å². The van der Waals surface area contributed by atoms with Gasteiger partial charge in [-0.25, -0.2) is 0 Å². The van der Waals surface area contributed by atoms with Crippen molar-refractivity contribution < 1.29 is 14.2 Å². The maximum Gasteiger partial charge on any atom is 0.231 e. The van der Waals surface area contributed by atoms with E-state index >= 15 is 0 Å². The smallest absolute Gasteiger partial charge is 0.231 e. The van der Waals surface area contributed by atoms with Crippen molar-refractivity contribution in [1.82, 2.24) is 19.8 Å². The quantitative estimate of drug-likeness (QED) is 0.643. The first-order valence-corrected chi connectivity index (χ1v) is 11.3. The third-order valence-electron chi connectivity index (χ3n) is 6.11. The van der Waals surface area contributed by atoms with Crippen LogP contribution in [0.3, 0.4) is 0 Å². The van der Waals surface area contributed by atoms with Crippen LogP contribution in [0.15, 0.2) is 24.3 Å². The number of nitrogens with zero attached hydrogens (tertiary/aromatic N) is 5. The van der Waals surface area contributed by atoms with Gasteiger partial charge in [-0.05, 0) is 17.7 Å². The summed E-state index contributed by atoms with van der Waals surface area (Å²) >= 11 is 0. The van der Waals surface area contributed by atoms with Crippen LogP contribution in [0, 0.1) is 0 Å². The second kappa shape index (κ2) is 9.76. The molecule has 2 aromatic rings. The standard InChI is InChI=1S/C22H31N7O3/c23-22-25-20(24-3-4-27-9-11-30-12-10-27)14-21(26-22)29-7-5-28(6-8-29)15-17-1-2-18-19(13-17)32-16-31-18/h1-2,13-14H,3-12,15-16H2,(H3,23,24,25,26). The Balaban J connectivity index is 1.13. The fraction of sp³-hybridized carbons (Fsp3) is 0.545. The average Bonchev–Trinajstić information content (AvgIpc) is 3.28. The van der Waals surface area contributed by atoms with E-state index in [4.69, 9.17) is 19.9 Å². The number of hydrogen-bond donors (Lipinski definition) is 2. The summed E-state index contributed by atoms with van der Waals surface area (Å²) in [6.07, 6.45) is 0. The van der Waals surface area contributed by atoms with E-state index in [-0.39, 0.29) is 0 Å². The summed E-state index contributed by atoms with van der Waals surface area (Å²) in [5, 5.41) is 3.40. The van der Waals surface area contributed by atoms with Gasteiger partial charge in [-0.15, -0.1) is 0 Å². The molecule has 3 aliphatic heterocycles. The number of nitrogen functional groups attached to an aromatic ring is 1. The van der Waals surface area contributed by atoms with Gasteiger partial charge in [0.15, 0.2) is 11.5 Å². The van der Waals surface area contributed by atoms with Crippen molar-refractivity contribution in [3.8, 4) is 11.5 Å². The number of morpholine rings is 1. The zero-order valence-corrected chi connectivity index (χ0v) is 18.3. The summed E-state index contributed by atoms with van der Waals surface area (Å²) in [7, 11) is 0. The summed E-state index contributed by atoms with van der Waals surface area (Å²) in [5.74, 6) is 3.64. The Morgan fingerprint density at radius 3 is 2.56 bits per heavy atom. The molecule has 0 spiro atoms. The first kappa shape index (κ1) is 21.0. The predicted octanol–water partition coefficient (Wildman–Crippen LogP) is 0.854. The molecule has 3 N–H and O–H groups in total. The van der Waals surface area contributed by atoms with E-state index in [2.05, 4.69) is 42.1 Å². The lowest BCUT2D eigenvalue weighted by atomic mass is 10.1. The molecule has 0 atom stereocenters. The first-order chi connectivity index (χ1) is 15.7. The molecule has 0 radical (unpaired) electrons. The first-order valence-electron chi connectivity index (χ1n) is 11.3. The SMILES string of the molecule is Nc1nc(NCCN2CCOCC2)cc(N2CCN(Cc3ccc4c(c3)OCO4)CC2)n1. The summed E-state index contributed by atoms with van der Waals surface area (Å²) < 4.78 is 16.3. The molecule has 4 heterocycles. The molecule has 32 heavy (non-hydrogen) atoms. The second-order valence-electron chi connectivity index (χ2n) is 8.30. The highest BCUT2D eigenvalue weighted by molar-refractivity contribution is 5.53. The topological polar surface area (TPSA) is 101 Å². The van der Waals surface area contributed by atoms with Crippen molar-refractivity contribution in [3.05, 3.63) is 29.8 Å². The molecule has 3 aliphatic rings. The Hall–Kier alpha value is -2.82. The summed E-state index contributed by atoms with van der Waals surface area (Å²) in [4.78, 5) is 16.0. The molecule has 0 unspecified atom stereocenters. The highest BCUT2D eigenvalue weighted by atomic mass is 16.7. The third-order valence-corrected chi connectivity index (χ3v) is 6.11. The second-order valence-corrected chi connectivity index (χ2v) is 8.30. The van der Waals surface area contributed by atoms with Crippen LogP contribution >= 0.6 is 0 Å². The van der Waals surface area contributed by atoms with Gasteiger partial charge < -0.3 is 30.2 Å². The number of anilines is 3. The number of ether oxygens (including phenoxy) is 3. The van der Waals surface area contributed by atoms with Gasteiger partial charge in [0.05, 0.1) is 13.2 Å². The minimum absolute atomic E-state index is 0.305. The summed E-state index contributed by atoms with van der Waals surface area (Å²) in [6, 6.07) is 8.18. The highest BCUT2D eigenvalue weighted by Gasteiger charge is 2.21. The third kappa shape index (κ3) is 5.14. The number of hydrogen-bond acceptors (Lipinski definition) is 10. The molecule has 10 nitrogen and oxygen atoms in total. The van der Waals surface area contributed by atoms with Crippen molar-refractivity contribution in [3.63, 3.8) is 0 Å². The van der Waals surface area contributed by atoms with E-state index in [0.29, 0.717) is 12.7 Å². The minimum Gasteiger partial charge on any atom is -0.454 e. The van der Waals surface area contributed by atoms with Gasteiger partial charge in [-0.2, -0.15) is 9.97 Å². The van der Waals surface area contributed by atoms with Crippen LogP contribution in [-0.4, -0.2) is 92.1 Å². The van der Waals surface area contributed by atoms with Crippen molar-refractivity contribution in [2.75, 3.05) is 88.3 Å². The Labute approximate surface area is 188 Å². The zero-order chi connectivity index (χ0) is 21.8. The maximum absolute atomic E-state index is 6.01. The van der Waals surface area contributed by atoms with Gasteiger partial charge in [0.25, 0.3) is 0 Å².